The van der Waals surface area contributed by atoms with Crippen LogP contribution in [0.2, 0.25) is 0 Å². The molecule has 0 aliphatic carbocycles. The molecule has 0 aliphatic heterocycles. The summed E-state index contributed by atoms with van der Waals surface area (Å²) >= 11 is 0. The van der Waals surface area contributed by atoms with Gasteiger partial charge < -0.3 is 4.98 Å². The summed E-state index contributed by atoms with van der Waals surface area (Å²) in [5.74, 6) is 0. The second-order valence-electron chi connectivity index (χ2n) is 5.26. The van der Waals surface area contributed by atoms with Gasteiger partial charge >= 0.3 is 5.69 Å². The van der Waals surface area contributed by atoms with Crippen molar-refractivity contribution in [3.63, 3.8) is 0 Å². The van der Waals surface area contributed by atoms with E-state index >= 15 is 0 Å². The van der Waals surface area contributed by atoms with Crippen LogP contribution in [0, 0.1) is 6.92 Å². The highest BCUT2D eigenvalue weighted by Crippen LogP contribution is 2.26. The van der Waals surface area contributed by atoms with Gasteiger partial charge in [0.1, 0.15) is 11.2 Å². The van der Waals surface area contributed by atoms with Crippen LogP contribution in [-0.2, 0) is 0 Å². The molecule has 0 radical (unpaired) electrons. The topological polar surface area (TPSA) is 66.5 Å². The molecule has 0 amide bonds. The summed E-state index contributed by atoms with van der Waals surface area (Å²) in [7, 11) is 0. The van der Waals surface area contributed by atoms with Crippen molar-refractivity contribution in [3.8, 4) is 16.9 Å². The van der Waals surface area contributed by atoms with Crippen LogP contribution >= 0.6 is 0 Å². The molecule has 0 saturated carbocycles. The van der Waals surface area contributed by atoms with E-state index in [0.717, 1.165) is 22.5 Å². The minimum Gasteiger partial charge on any atom is -0.302 e. The average Bonchev–Trinajstić information content (AvgIpc) is 3.06. The first-order chi connectivity index (χ1) is 10.7. The summed E-state index contributed by atoms with van der Waals surface area (Å²) in [6.07, 6.45) is 0. The molecule has 2 aromatic carbocycles. The van der Waals surface area contributed by atoms with Gasteiger partial charge in [-0.2, -0.15) is 5.10 Å². The summed E-state index contributed by atoms with van der Waals surface area (Å²) in [5, 5.41) is 4.68. The van der Waals surface area contributed by atoms with E-state index in [-0.39, 0.29) is 5.69 Å². The van der Waals surface area contributed by atoms with E-state index in [4.69, 9.17) is 0 Å². The number of nitrogens with zero attached hydrogens (tertiary/aromatic N) is 2. The fraction of sp³-hybridized carbons (Fsp3) is 0.0588. The third-order valence-corrected chi connectivity index (χ3v) is 3.68. The van der Waals surface area contributed by atoms with Crippen LogP contribution in [0.1, 0.15) is 5.56 Å². The van der Waals surface area contributed by atoms with Crippen molar-refractivity contribution in [2.75, 3.05) is 0 Å². The summed E-state index contributed by atoms with van der Waals surface area (Å²) in [6, 6.07) is 17.8. The molecule has 0 saturated heterocycles. The highest BCUT2D eigenvalue weighted by atomic mass is 16.1. The van der Waals surface area contributed by atoms with E-state index in [1.165, 1.54) is 5.56 Å². The number of fused-ring (bicyclic) bond motifs is 1. The Morgan fingerprint density at radius 2 is 1.68 bits per heavy atom. The number of aromatic amines is 2. The molecule has 5 nitrogen and oxygen atoms in total. The molecule has 5 heteroatoms. The largest absolute Gasteiger partial charge is 0.325 e. The number of H-pyrrole nitrogens is 2. The van der Waals surface area contributed by atoms with Crippen LogP contribution in [0.5, 0.6) is 0 Å². The summed E-state index contributed by atoms with van der Waals surface area (Å²) < 4.78 is 1.75. The number of imidazole rings is 1. The van der Waals surface area contributed by atoms with Crippen molar-refractivity contribution in [3.05, 3.63) is 70.6 Å². The van der Waals surface area contributed by atoms with E-state index < -0.39 is 0 Å². The predicted molar refractivity (Wildman–Crippen MR) is 86.2 cm³/mol. The SMILES string of the molecule is Cc1ccc(-c2nn(-c3ccccc3)c3[nH]c(=O)[nH]c23)cc1. The van der Waals surface area contributed by atoms with E-state index in [1.807, 2.05) is 61.5 Å². The lowest BCUT2D eigenvalue weighted by atomic mass is 10.1. The number of hydrogen-bond acceptors (Lipinski definition) is 2. The maximum Gasteiger partial charge on any atom is 0.325 e. The fourth-order valence-electron chi connectivity index (χ4n) is 2.57. The van der Waals surface area contributed by atoms with Crippen LogP contribution in [-0.4, -0.2) is 19.7 Å². The van der Waals surface area contributed by atoms with Crippen molar-refractivity contribution in [2.45, 2.75) is 6.92 Å². The smallest absolute Gasteiger partial charge is 0.302 e. The Morgan fingerprint density at radius 3 is 2.41 bits per heavy atom. The zero-order chi connectivity index (χ0) is 15.1. The van der Waals surface area contributed by atoms with Crippen LogP contribution in [0.25, 0.3) is 28.1 Å². The van der Waals surface area contributed by atoms with Gasteiger partial charge in [-0.15, -0.1) is 0 Å². The maximum absolute atomic E-state index is 11.7. The first-order valence-corrected chi connectivity index (χ1v) is 7.06. The lowest BCUT2D eigenvalue weighted by molar-refractivity contribution is 0.897. The first kappa shape index (κ1) is 12.6. The number of para-hydroxylation sites is 1. The Hall–Kier alpha value is -3.08. The molecule has 108 valence electrons. The van der Waals surface area contributed by atoms with Crippen molar-refractivity contribution in [1.82, 2.24) is 19.7 Å². The van der Waals surface area contributed by atoms with Gasteiger partial charge in [-0.25, -0.2) is 9.48 Å². The zero-order valence-electron chi connectivity index (χ0n) is 12.0. The normalized spacial score (nSPS) is 11.1. The van der Waals surface area contributed by atoms with Crippen molar-refractivity contribution in [2.24, 2.45) is 0 Å². The molecule has 0 bridgehead atoms. The van der Waals surface area contributed by atoms with Gasteiger partial charge in [0, 0.05) is 5.56 Å². The molecule has 4 aromatic rings. The van der Waals surface area contributed by atoms with Crippen LogP contribution in [0.4, 0.5) is 0 Å². The van der Waals surface area contributed by atoms with Gasteiger partial charge in [0.15, 0.2) is 5.65 Å². The Bertz CT molecular complexity index is 991. The molecular formula is C17H14N4O. The maximum atomic E-state index is 11.7. The van der Waals surface area contributed by atoms with E-state index in [9.17, 15) is 4.79 Å². The number of rotatable bonds is 2. The number of aryl methyl sites for hydroxylation is 1. The lowest BCUT2D eigenvalue weighted by Gasteiger charge is -2.01. The summed E-state index contributed by atoms with van der Waals surface area (Å²) in [6.45, 7) is 2.04. The first-order valence-electron chi connectivity index (χ1n) is 7.06. The molecule has 2 N–H and O–H groups in total. The number of aromatic nitrogens is 4. The van der Waals surface area contributed by atoms with Crippen LogP contribution < -0.4 is 5.69 Å². The summed E-state index contributed by atoms with van der Waals surface area (Å²) in [4.78, 5) is 17.4. The van der Waals surface area contributed by atoms with E-state index in [2.05, 4.69) is 15.1 Å². The standard InChI is InChI=1S/C17H14N4O/c1-11-7-9-12(10-8-11)14-15-16(19-17(22)18-15)21(20-14)13-5-3-2-4-6-13/h2-10H,1H3,(H2,18,19,22). The van der Waals surface area contributed by atoms with Crippen molar-refractivity contribution >= 4 is 11.2 Å². The molecule has 0 aliphatic rings. The zero-order valence-corrected chi connectivity index (χ0v) is 12.0. The molecule has 2 heterocycles. The minimum absolute atomic E-state index is 0.231. The van der Waals surface area contributed by atoms with Crippen LogP contribution in [0.3, 0.4) is 0 Å². The molecule has 2 aromatic heterocycles. The Kier molecular flexibility index (Phi) is 2.72. The second kappa shape index (κ2) is 4.73. The monoisotopic (exact) mass is 290 g/mol. The number of nitrogens with one attached hydrogen (secondary N) is 2. The highest BCUT2D eigenvalue weighted by Gasteiger charge is 2.16. The number of hydrogen-bond donors (Lipinski definition) is 2. The van der Waals surface area contributed by atoms with E-state index in [1.54, 1.807) is 4.68 Å². The lowest BCUT2D eigenvalue weighted by Crippen LogP contribution is -2.04. The van der Waals surface area contributed by atoms with Gasteiger partial charge in [0.05, 0.1) is 5.69 Å². The van der Waals surface area contributed by atoms with Gasteiger partial charge in [0.2, 0.25) is 0 Å². The number of benzene rings is 2. The Morgan fingerprint density at radius 1 is 0.955 bits per heavy atom. The molecule has 0 spiro atoms. The quantitative estimate of drug-likeness (QED) is 0.596. The van der Waals surface area contributed by atoms with Crippen molar-refractivity contribution in [1.29, 1.82) is 0 Å². The third kappa shape index (κ3) is 1.95. The predicted octanol–water partition coefficient (Wildman–Crippen LogP) is 3.02. The van der Waals surface area contributed by atoms with E-state index in [0.29, 0.717) is 5.65 Å². The van der Waals surface area contributed by atoms with Crippen LogP contribution in [0.15, 0.2) is 59.4 Å². The van der Waals surface area contributed by atoms with Gasteiger partial charge in [-0.05, 0) is 19.1 Å². The highest BCUT2D eigenvalue weighted by molar-refractivity contribution is 5.89. The third-order valence-electron chi connectivity index (χ3n) is 3.68. The Labute approximate surface area is 126 Å². The van der Waals surface area contributed by atoms with Gasteiger partial charge in [0.25, 0.3) is 0 Å². The molecule has 22 heavy (non-hydrogen) atoms. The Balaban J connectivity index is 2.00. The fourth-order valence-corrected chi connectivity index (χ4v) is 2.57. The minimum atomic E-state index is -0.231. The second-order valence-corrected chi connectivity index (χ2v) is 5.26. The molecule has 0 atom stereocenters. The molecule has 0 fully saturated rings. The van der Waals surface area contributed by atoms with Crippen molar-refractivity contribution < 1.29 is 0 Å². The molecule has 0 unspecified atom stereocenters. The van der Waals surface area contributed by atoms with Gasteiger partial charge in [-0.3, -0.25) is 4.98 Å². The molecule has 4 rings (SSSR count). The average molecular weight is 290 g/mol. The summed E-state index contributed by atoms with van der Waals surface area (Å²) in [5.41, 5.74) is 4.99. The molecular weight excluding hydrogens is 276 g/mol. The van der Waals surface area contributed by atoms with Gasteiger partial charge in [-0.1, -0.05) is 48.0 Å².